The molecule has 0 unspecified atom stereocenters. The normalized spacial score (nSPS) is 18.4. The maximum absolute atomic E-state index is 13.7. The van der Waals surface area contributed by atoms with E-state index in [0.717, 1.165) is 74.1 Å². The van der Waals surface area contributed by atoms with E-state index in [1.165, 1.54) is 5.56 Å². The lowest BCUT2D eigenvalue weighted by molar-refractivity contribution is -0.137. The van der Waals surface area contributed by atoms with Gasteiger partial charge in [0.05, 0.1) is 5.92 Å². The standard InChI is InChI=1S/C32H33ClN4O2/c33-26-13-14-28-27(20-26)29(24-10-5-2-6-11-24)30(31(38)34-28)37-15-7-12-25(22-37)32(39)36-18-16-35(17-19-36)21-23-8-3-1-4-9-23/h1-6,8-11,13-14,20,25H,7,12,15-19,21-22H2,(H,34,38)/t25-/m0/s1. The molecule has 39 heavy (non-hydrogen) atoms. The van der Waals surface area contributed by atoms with Crippen LogP contribution in [0.15, 0.2) is 83.7 Å². The first-order valence-electron chi connectivity index (χ1n) is 13.8. The third kappa shape index (κ3) is 5.45. The van der Waals surface area contributed by atoms with Crippen molar-refractivity contribution in [3.8, 4) is 11.1 Å². The van der Waals surface area contributed by atoms with Gasteiger partial charge in [-0.05, 0) is 42.2 Å². The van der Waals surface area contributed by atoms with E-state index in [4.69, 9.17) is 11.6 Å². The Bertz CT molecular complexity index is 1510. The molecular formula is C32H33ClN4O2. The Morgan fingerprint density at radius 1 is 0.897 bits per heavy atom. The fourth-order valence-electron chi connectivity index (χ4n) is 6.06. The molecule has 0 spiro atoms. The zero-order valence-electron chi connectivity index (χ0n) is 22.0. The molecule has 3 aromatic carbocycles. The van der Waals surface area contributed by atoms with Crippen LogP contribution in [-0.2, 0) is 11.3 Å². The van der Waals surface area contributed by atoms with E-state index in [1.807, 2.05) is 53.4 Å². The van der Waals surface area contributed by atoms with Gasteiger partial charge in [0.1, 0.15) is 5.69 Å². The number of pyridine rings is 1. The monoisotopic (exact) mass is 540 g/mol. The number of rotatable bonds is 5. The van der Waals surface area contributed by atoms with Crippen LogP contribution >= 0.6 is 11.6 Å². The molecule has 2 aliphatic heterocycles. The Labute approximate surface area is 233 Å². The van der Waals surface area contributed by atoms with Crippen LogP contribution in [0.25, 0.3) is 22.0 Å². The Hall–Kier alpha value is -3.61. The van der Waals surface area contributed by atoms with Gasteiger partial charge in [-0.25, -0.2) is 0 Å². The number of halogens is 1. The summed E-state index contributed by atoms with van der Waals surface area (Å²) in [6.45, 7) is 5.43. The average Bonchev–Trinajstić information content (AvgIpc) is 2.98. The first kappa shape index (κ1) is 25.7. The number of hydrogen-bond donors (Lipinski definition) is 1. The Balaban J connectivity index is 1.23. The minimum Gasteiger partial charge on any atom is -0.366 e. The number of piperidine rings is 1. The summed E-state index contributed by atoms with van der Waals surface area (Å²) in [4.78, 5) is 36.8. The molecule has 1 atom stereocenters. The smallest absolute Gasteiger partial charge is 0.272 e. The van der Waals surface area contributed by atoms with Crippen LogP contribution in [0.2, 0.25) is 5.02 Å². The van der Waals surface area contributed by atoms with E-state index in [-0.39, 0.29) is 17.4 Å². The van der Waals surface area contributed by atoms with Gasteiger partial charge in [-0.1, -0.05) is 72.3 Å². The number of benzene rings is 3. The number of anilines is 1. The number of amides is 1. The van der Waals surface area contributed by atoms with Crippen LogP contribution in [-0.4, -0.2) is 60.0 Å². The molecule has 0 aliphatic carbocycles. The van der Waals surface area contributed by atoms with Gasteiger partial charge in [-0.2, -0.15) is 0 Å². The lowest BCUT2D eigenvalue weighted by Crippen LogP contribution is -2.52. The zero-order chi connectivity index (χ0) is 26.8. The quantitative estimate of drug-likeness (QED) is 0.368. The van der Waals surface area contributed by atoms with Gasteiger partial charge in [0.15, 0.2) is 0 Å². The summed E-state index contributed by atoms with van der Waals surface area (Å²) in [7, 11) is 0. The van der Waals surface area contributed by atoms with Crippen molar-refractivity contribution in [2.45, 2.75) is 19.4 Å². The van der Waals surface area contributed by atoms with E-state index >= 15 is 0 Å². The second-order valence-electron chi connectivity index (χ2n) is 10.6. The predicted molar refractivity (Wildman–Crippen MR) is 158 cm³/mol. The number of aromatic amines is 1. The van der Waals surface area contributed by atoms with Crippen molar-refractivity contribution in [2.75, 3.05) is 44.2 Å². The molecule has 2 aliphatic rings. The van der Waals surface area contributed by atoms with E-state index in [9.17, 15) is 9.59 Å². The van der Waals surface area contributed by atoms with Crippen LogP contribution in [0.3, 0.4) is 0 Å². The molecule has 0 radical (unpaired) electrons. The Morgan fingerprint density at radius 2 is 1.62 bits per heavy atom. The molecule has 1 N–H and O–H groups in total. The fraction of sp³-hybridized carbons (Fsp3) is 0.312. The predicted octanol–water partition coefficient (Wildman–Crippen LogP) is 5.41. The molecule has 0 bridgehead atoms. The van der Waals surface area contributed by atoms with Gasteiger partial charge in [-0.3, -0.25) is 14.5 Å². The van der Waals surface area contributed by atoms with Crippen molar-refractivity contribution in [1.29, 1.82) is 0 Å². The number of hydrogen-bond acceptors (Lipinski definition) is 4. The summed E-state index contributed by atoms with van der Waals surface area (Å²) in [6.07, 6.45) is 1.71. The number of nitrogens with one attached hydrogen (secondary N) is 1. The fourth-order valence-corrected chi connectivity index (χ4v) is 6.23. The largest absolute Gasteiger partial charge is 0.366 e. The lowest BCUT2D eigenvalue weighted by Gasteiger charge is -2.39. The van der Waals surface area contributed by atoms with Crippen molar-refractivity contribution in [3.05, 3.63) is 99.8 Å². The van der Waals surface area contributed by atoms with Gasteiger partial charge in [0.25, 0.3) is 5.56 Å². The lowest BCUT2D eigenvalue weighted by atomic mass is 9.93. The second-order valence-corrected chi connectivity index (χ2v) is 11.0. The maximum atomic E-state index is 13.7. The topological polar surface area (TPSA) is 59.7 Å². The highest BCUT2D eigenvalue weighted by Gasteiger charge is 2.33. The number of carbonyl (C=O) groups excluding carboxylic acids is 1. The third-order valence-electron chi connectivity index (χ3n) is 8.03. The van der Waals surface area contributed by atoms with E-state index in [0.29, 0.717) is 17.3 Å². The number of H-pyrrole nitrogens is 1. The van der Waals surface area contributed by atoms with E-state index in [1.54, 1.807) is 6.07 Å². The first-order chi connectivity index (χ1) is 19.1. The van der Waals surface area contributed by atoms with Crippen LogP contribution < -0.4 is 10.5 Å². The minimum absolute atomic E-state index is 0.127. The van der Waals surface area contributed by atoms with Crippen molar-refractivity contribution in [3.63, 3.8) is 0 Å². The van der Waals surface area contributed by atoms with Gasteiger partial charge in [-0.15, -0.1) is 0 Å². The summed E-state index contributed by atoms with van der Waals surface area (Å²) in [6, 6.07) is 26.1. The molecule has 0 saturated carbocycles. The van der Waals surface area contributed by atoms with Gasteiger partial charge < -0.3 is 14.8 Å². The highest BCUT2D eigenvalue weighted by molar-refractivity contribution is 6.31. The van der Waals surface area contributed by atoms with Crippen molar-refractivity contribution >= 4 is 34.1 Å². The minimum atomic E-state index is -0.133. The summed E-state index contributed by atoms with van der Waals surface area (Å²) < 4.78 is 0. The summed E-state index contributed by atoms with van der Waals surface area (Å²) in [5, 5.41) is 1.53. The third-order valence-corrected chi connectivity index (χ3v) is 8.27. The number of fused-ring (bicyclic) bond motifs is 1. The molecular weight excluding hydrogens is 508 g/mol. The van der Waals surface area contributed by atoms with Gasteiger partial charge in [0, 0.05) is 67.3 Å². The number of piperazine rings is 1. The molecule has 2 fully saturated rings. The zero-order valence-corrected chi connectivity index (χ0v) is 22.7. The molecule has 200 valence electrons. The molecule has 2 saturated heterocycles. The van der Waals surface area contributed by atoms with Crippen molar-refractivity contribution in [1.82, 2.24) is 14.8 Å². The SMILES string of the molecule is O=C([C@H]1CCCN(c2c(-c3ccccc3)c3cc(Cl)ccc3[nH]c2=O)C1)N1CCN(Cc2ccccc2)CC1. The Kier molecular flexibility index (Phi) is 7.40. The molecule has 6 rings (SSSR count). The summed E-state index contributed by atoms with van der Waals surface area (Å²) >= 11 is 6.40. The first-order valence-corrected chi connectivity index (χ1v) is 14.2. The summed E-state index contributed by atoms with van der Waals surface area (Å²) in [5.74, 6) is 0.0816. The molecule has 1 amide bonds. The second kappa shape index (κ2) is 11.2. The number of carbonyl (C=O) groups is 1. The molecule has 3 heterocycles. The number of nitrogens with zero attached hydrogens (tertiary/aromatic N) is 3. The highest BCUT2D eigenvalue weighted by atomic mass is 35.5. The van der Waals surface area contributed by atoms with Crippen LogP contribution in [0, 0.1) is 5.92 Å². The Morgan fingerprint density at radius 3 is 2.36 bits per heavy atom. The van der Waals surface area contributed by atoms with Gasteiger partial charge in [0.2, 0.25) is 5.91 Å². The average molecular weight is 541 g/mol. The van der Waals surface area contributed by atoms with E-state index in [2.05, 4.69) is 39.0 Å². The maximum Gasteiger partial charge on any atom is 0.272 e. The van der Waals surface area contributed by atoms with Crippen LogP contribution in [0.5, 0.6) is 0 Å². The van der Waals surface area contributed by atoms with Gasteiger partial charge >= 0.3 is 0 Å². The summed E-state index contributed by atoms with van der Waals surface area (Å²) in [5.41, 5.74) is 4.39. The molecule has 7 heteroatoms. The van der Waals surface area contributed by atoms with Crippen molar-refractivity contribution in [2.24, 2.45) is 5.92 Å². The number of aromatic nitrogens is 1. The van der Waals surface area contributed by atoms with E-state index < -0.39 is 0 Å². The molecule has 1 aromatic heterocycles. The van der Waals surface area contributed by atoms with Crippen molar-refractivity contribution < 1.29 is 4.79 Å². The van der Waals surface area contributed by atoms with Crippen LogP contribution in [0.4, 0.5) is 5.69 Å². The van der Waals surface area contributed by atoms with Crippen LogP contribution in [0.1, 0.15) is 18.4 Å². The molecule has 4 aromatic rings. The molecule has 6 nitrogen and oxygen atoms in total. The highest BCUT2D eigenvalue weighted by Crippen LogP contribution is 2.37.